The standard InChI is InChI=1S/C18H13N3O4/c22-16-9-15(20-10-19-13-6-1-2-7-14(13)20)17(23)21(16)12-5-3-4-11(8-12)18(24)25/h1-8,10,15H,9H2,(H,24,25)/t15-/m1/s1. The Hall–Kier alpha value is -3.48. The van der Waals surface area contributed by atoms with Gasteiger partial charge in [-0.15, -0.1) is 0 Å². The molecule has 1 aromatic heterocycles. The van der Waals surface area contributed by atoms with Crippen LogP contribution in [0, 0.1) is 0 Å². The molecule has 0 bridgehead atoms. The number of benzene rings is 2. The molecule has 0 unspecified atom stereocenters. The lowest BCUT2D eigenvalue weighted by Gasteiger charge is -2.16. The molecular formula is C18H13N3O4. The summed E-state index contributed by atoms with van der Waals surface area (Å²) in [6.45, 7) is 0. The second-order valence-electron chi connectivity index (χ2n) is 5.78. The van der Waals surface area contributed by atoms with Gasteiger partial charge >= 0.3 is 5.97 Å². The van der Waals surface area contributed by atoms with E-state index in [2.05, 4.69) is 4.98 Å². The van der Waals surface area contributed by atoms with Crippen molar-refractivity contribution in [2.24, 2.45) is 0 Å². The Morgan fingerprint density at radius 1 is 1.12 bits per heavy atom. The highest BCUT2D eigenvalue weighted by Gasteiger charge is 2.41. The zero-order valence-corrected chi connectivity index (χ0v) is 13.0. The number of carbonyl (C=O) groups is 3. The predicted molar refractivity (Wildman–Crippen MR) is 89.3 cm³/mol. The Balaban J connectivity index is 1.73. The van der Waals surface area contributed by atoms with E-state index in [9.17, 15) is 14.4 Å². The number of amides is 2. The summed E-state index contributed by atoms with van der Waals surface area (Å²) < 4.78 is 1.69. The molecule has 0 radical (unpaired) electrons. The van der Waals surface area contributed by atoms with Crippen molar-refractivity contribution in [3.05, 3.63) is 60.4 Å². The number of rotatable bonds is 3. The van der Waals surface area contributed by atoms with Crippen molar-refractivity contribution >= 4 is 34.5 Å². The molecule has 7 nitrogen and oxygen atoms in total. The number of fused-ring (bicyclic) bond motifs is 1. The number of aromatic nitrogens is 2. The summed E-state index contributed by atoms with van der Waals surface area (Å²) in [5, 5.41) is 9.10. The van der Waals surface area contributed by atoms with Gasteiger partial charge in [0.25, 0.3) is 5.91 Å². The van der Waals surface area contributed by atoms with Crippen LogP contribution in [0.1, 0.15) is 22.8 Å². The van der Waals surface area contributed by atoms with E-state index >= 15 is 0 Å². The van der Waals surface area contributed by atoms with Gasteiger partial charge in [-0.3, -0.25) is 9.59 Å². The van der Waals surface area contributed by atoms with Crippen LogP contribution in [0.5, 0.6) is 0 Å². The summed E-state index contributed by atoms with van der Waals surface area (Å²) in [5.74, 6) is -1.87. The average Bonchev–Trinajstić information content (AvgIpc) is 3.15. The zero-order valence-electron chi connectivity index (χ0n) is 13.0. The van der Waals surface area contributed by atoms with Crippen molar-refractivity contribution in [2.45, 2.75) is 12.5 Å². The van der Waals surface area contributed by atoms with Crippen LogP contribution in [-0.4, -0.2) is 32.4 Å². The number of nitrogens with zero attached hydrogens (tertiary/aromatic N) is 3. The molecule has 1 aliphatic rings. The minimum atomic E-state index is -1.11. The molecule has 2 heterocycles. The van der Waals surface area contributed by atoms with E-state index in [1.165, 1.54) is 18.2 Å². The lowest BCUT2D eigenvalue weighted by Crippen LogP contribution is -2.31. The molecule has 1 saturated heterocycles. The Morgan fingerprint density at radius 3 is 2.72 bits per heavy atom. The molecule has 0 aliphatic carbocycles. The minimum absolute atomic E-state index is 0.0104. The summed E-state index contributed by atoms with van der Waals surface area (Å²) in [7, 11) is 0. The third-order valence-corrected chi connectivity index (χ3v) is 4.29. The molecule has 7 heteroatoms. The Labute approximate surface area is 142 Å². The third-order valence-electron chi connectivity index (χ3n) is 4.29. The van der Waals surface area contributed by atoms with E-state index in [0.29, 0.717) is 0 Å². The van der Waals surface area contributed by atoms with Gasteiger partial charge in [0.05, 0.1) is 35.0 Å². The summed E-state index contributed by atoms with van der Waals surface area (Å²) in [6.07, 6.45) is 1.56. The molecule has 1 atom stereocenters. The lowest BCUT2D eigenvalue weighted by atomic mass is 10.2. The maximum Gasteiger partial charge on any atom is 0.335 e. The number of carbonyl (C=O) groups excluding carboxylic acids is 2. The van der Waals surface area contributed by atoms with E-state index < -0.39 is 17.9 Å². The van der Waals surface area contributed by atoms with Gasteiger partial charge in [-0.05, 0) is 30.3 Å². The average molecular weight is 335 g/mol. The van der Waals surface area contributed by atoms with Crippen LogP contribution < -0.4 is 4.90 Å². The van der Waals surface area contributed by atoms with Crippen molar-refractivity contribution in [3.63, 3.8) is 0 Å². The topological polar surface area (TPSA) is 92.5 Å². The Bertz CT molecular complexity index is 1020. The van der Waals surface area contributed by atoms with Gasteiger partial charge in [-0.1, -0.05) is 18.2 Å². The summed E-state index contributed by atoms with van der Waals surface area (Å²) >= 11 is 0. The van der Waals surface area contributed by atoms with Crippen molar-refractivity contribution in [1.29, 1.82) is 0 Å². The molecule has 25 heavy (non-hydrogen) atoms. The summed E-state index contributed by atoms with van der Waals surface area (Å²) in [4.78, 5) is 41.7. The Kier molecular flexibility index (Phi) is 3.35. The van der Waals surface area contributed by atoms with E-state index in [-0.39, 0.29) is 23.6 Å². The first-order valence-corrected chi connectivity index (χ1v) is 7.68. The molecule has 1 fully saturated rings. The molecule has 0 spiro atoms. The first kappa shape index (κ1) is 15.1. The largest absolute Gasteiger partial charge is 0.478 e. The lowest BCUT2D eigenvalue weighted by molar-refractivity contribution is -0.122. The highest BCUT2D eigenvalue weighted by Crippen LogP contribution is 2.32. The molecule has 2 amide bonds. The first-order valence-electron chi connectivity index (χ1n) is 7.68. The molecule has 2 aromatic carbocycles. The van der Waals surface area contributed by atoms with Gasteiger partial charge in [-0.2, -0.15) is 0 Å². The number of carboxylic acids is 1. The van der Waals surface area contributed by atoms with Crippen molar-refractivity contribution in [1.82, 2.24) is 9.55 Å². The van der Waals surface area contributed by atoms with Gasteiger partial charge < -0.3 is 9.67 Å². The van der Waals surface area contributed by atoms with Gasteiger partial charge in [0.2, 0.25) is 5.91 Å². The number of carboxylic acid groups (broad SMARTS) is 1. The number of para-hydroxylation sites is 2. The fraction of sp³-hybridized carbons (Fsp3) is 0.111. The van der Waals surface area contributed by atoms with Crippen molar-refractivity contribution < 1.29 is 19.5 Å². The maximum atomic E-state index is 12.8. The molecular weight excluding hydrogens is 322 g/mol. The second kappa shape index (κ2) is 5.55. The molecule has 0 saturated carbocycles. The number of anilines is 1. The summed E-state index contributed by atoms with van der Waals surface area (Å²) in [5.41, 5.74) is 1.81. The number of imide groups is 1. The van der Waals surface area contributed by atoms with E-state index in [4.69, 9.17) is 5.11 Å². The third kappa shape index (κ3) is 2.37. The van der Waals surface area contributed by atoms with Crippen LogP contribution in [0.15, 0.2) is 54.9 Å². The fourth-order valence-corrected chi connectivity index (χ4v) is 3.11. The minimum Gasteiger partial charge on any atom is -0.478 e. The van der Waals surface area contributed by atoms with E-state index in [1.807, 2.05) is 24.3 Å². The molecule has 4 rings (SSSR count). The molecule has 3 aromatic rings. The van der Waals surface area contributed by atoms with E-state index in [0.717, 1.165) is 15.9 Å². The number of imidazole rings is 1. The van der Waals surface area contributed by atoms with Gasteiger partial charge in [0.15, 0.2) is 0 Å². The van der Waals surface area contributed by atoms with Gasteiger partial charge in [-0.25, -0.2) is 14.7 Å². The molecule has 124 valence electrons. The van der Waals surface area contributed by atoms with Crippen LogP contribution in [-0.2, 0) is 9.59 Å². The molecule has 1 aliphatic heterocycles. The van der Waals surface area contributed by atoms with Crippen LogP contribution in [0.25, 0.3) is 11.0 Å². The summed E-state index contributed by atoms with van der Waals surface area (Å²) in [6, 6.07) is 12.5. The predicted octanol–water partition coefficient (Wildman–Crippen LogP) is 2.24. The number of hydrogen-bond donors (Lipinski definition) is 1. The van der Waals surface area contributed by atoms with Gasteiger partial charge in [0, 0.05) is 0 Å². The normalized spacial score (nSPS) is 17.4. The number of aromatic carboxylic acids is 1. The monoisotopic (exact) mass is 335 g/mol. The zero-order chi connectivity index (χ0) is 17.6. The van der Waals surface area contributed by atoms with Crippen molar-refractivity contribution in [3.8, 4) is 0 Å². The smallest absolute Gasteiger partial charge is 0.335 e. The van der Waals surface area contributed by atoms with Crippen LogP contribution >= 0.6 is 0 Å². The fourth-order valence-electron chi connectivity index (χ4n) is 3.11. The van der Waals surface area contributed by atoms with Crippen molar-refractivity contribution in [2.75, 3.05) is 4.90 Å². The van der Waals surface area contributed by atoms with Crippen LogP contribution in [0.2, 0.25) is 0 Å². The van der Waals surface area contributed by atoms with Crippen LogP contribution in [0.4, 0.5) is 5.69 Å². The maximum absolute atomic E-state index is 12.8. The highest BCUT2D eigenvalue weighted by molar-refractivity contribution is 6.22. The highest BCUT2D eigenvalue weighted by atomic mass is 16.4. The SMILES string of the molecule is O=C(O)c1cccc(N2C(=O)C[C@@H](n3cnc4ccccc43)C2=O)c1. The quantitative estimate of drug-likeness (QED) is 0.741. The second-order valence-corrected chi connectivity index (χ2v) is 5.78. The van der Waals surface area contributed by atoms with E-state index in [1.54, 1.807) is 17.0 Å². The first-order chi connectivity index (χ1) is 12.1. The van der Waals surface area contributed by atoms with Crippen LogP contribution in [0.3, 0.4) is 0 Å². The Morgan fingerprint density at radius 2 is 1.92 bits per heavy atom. The molecule has 1 N–H and O–H groups in total. The number of hydrogen-bond acceptors (Lipinski definition) is 4. The van der Waals surface area contributed by atoms with Gasteiger partial charge in [0.1, 0.15) is 6.04 Å².